The zero-order chi connectivity index (χ0) is 14.8. The molecule has 1 rings (SSSR count). The van der Waals surface area contributed by atoms with Crippen molar-refractivity contribution in [1.82, 2.24) is 20.1 Å². The van der Waals surface area contributed by atoms with Gasteiger partial charge in [0.05, 0.1) is 6.61 Å². The topological polar surface area (TPSA) is 69.0 Å². The van der Waals surface area contributed by atoms with Crippen LogP contribution >= 0.6 is 0 Å². The Kier molecular flexibility index (Phi) is 7.22. The molecule has 6 nitrogen and oxygen atoms in total. The van der Waals surface area contributed by atoms with E-state index < -0.39 is 5.54 Å². The fraction of sp³-hybridized carbons (Fsp3) is 0.786. The van der Waals surface area contributed by atoms with Crippen LogP contribution in [-0.4, -0.2) is 39.4 Å². The summed E-state index contributed by atoms with van der Waals surface area (Å²) in [7, 11) is 0. The Morgan fingerprint density at radius 1 is 1.40 bits per heavy atom. The molecule has 0 aliphatic carbocycles. The number of nitrogens with zero attached hydrogens (tertiary/aromatic N) is 3. The summed E-state index contributed by atoms with van der Waals surface area (Å²) in [6.07, 6.45) is 6.90. The van der Waals surface area contributed by atoms with E-state index in [-0.39, 0.29) is 5.97 Å². The summed E-state index contributed by atoms with van der Waals surface area (Å²) in [6, 6.07) is 0. The molecule has 1 unspecified atom stereocenters. The first-order valence-corrected chi connectivity index (χ1v) is 7.37. The zero-order valence-corrected chi connectivity index (χ0v) is 12.8. The highest BCUT2D eigenvalue weighted by molar-refractivity contribution is 5.80. The second-order valence-electron chi connectivity index (χ2n) is 5.10. The average molecular weight is 282 g/mol. The van der Waals surface area contributed by atoms with Crippen molar-refractivity contribution in [2.24, 2.45) is 0 Å². The summed E-state index contributed by atoms with van der Waals surface area (Å²) < 4.78 is 6.98. The highest BCUT2D eigenvalue weighted by atomic mass is 16.5. The molecular weight excluding hydrogens is 256 g/mol. The normalized spacial score (nSPS) is 13.9. The third-order valence-electron chi connectivity index (χ3n) is 3.27. The Labute approximate surface area is 120 Å². The Balaban J connectivity index is 2.40. The van der Waals surface area contributed by atoms with E-state index in [9.17, 15) is 4.79 Å². The molecule has 114 valence electrons. The fourth-order valence-corrected chi connectivity index (χ4v) is 2.05. The minimum absolute atomic E-state index is 0.158. The lowest BCUT2D eigenvalue weighted by Gasteiger charge is -2.28. The maximum Gasteiger partial charge on any atom is 0.326 e. The summed E-state index contributed by atoms with van der Waals surface area (Å²) in [6.45, 7) is 7.91. The summed E-state index contributed by atoms with van der Waals surface area (Å²) in [5.74, 6) is -0.158. The number of nitrogens with one attached hydrogen (secondary N) is 1. The molecule has 20 heavy (non-hydrogen) atoms. The van der Waals surface area contributed by atoms with Gasteiger partial charge in [-0.3, -0.25) is 9.48 Å². The monoisotopic (exact) mass is 282 g/mol. The highest BCUT2D eigenvalue weighted by Crippen LogP contribution is 2.16. The Morgan fingerprint density at radius 3 is 2.80 bits per heavy atom. The number of aromatic nitrogens is 3. The van der Waals surface area contributed by atoms with E-state index in [1.165, 1.54) is 6.33 Å². The van der Waals surface area contributed by atoms with E-state index in [1.54, 1.807) is 11.0 Å². The smallest absolute Gasteiger partial charge is 0.326 e. The molecule has 0 aromatic carbocycles. The molecule has 0 amide bonds. The van der Waals surface area contributed by atoms with Gasteiger partial charge in [0.2, 0.25) is 0 Å². The summed E-state index contributed by atoms with van der Waals surface area (Å²) in [5, 5.41) is 7.38. The van der Waals surface area contributed by atoms with Crippen molar-refractivity contribution in [3.05, 3.63) is 12.7 Å². The van der Waals surface area contributed by atoms with Gasteiger partial charge >= 0.3 is 5.97 Å². The number of hydrogen-bond acceptors (Lipinski definition) is 5. The number of carbonyl (C=O) groups is 1. The molecule has 1 heterocycles. The lowest BCUT2D eigenvalue weighted by atomic mass is 9.94. The minimum atomic E-state index is -0.589. The van der Waals surface area contributed by atoms with Crippen LogP contribution in [0.1, 0.15) is 46.5 Å². The number of rotatable bonds is 10. The minimum Gasteiger partial charge on any atom is -0.465 e. The first kappa shape index (κ1) is 16.6. The molecule has 0 aliphatic rings. The van der Waals surface area contributed by atoms with Crippen molar-refractivity contribution in [1.29, 1.82) is 0 Å². The van der Waals surface area contributed by atoms with Crippen molar-refractivity contribution in [2.45, 2.75) is 58.5 Å². The quantitative estimate of drug-likeness (QED) is 0.523. The predicted octanol–water partition coefficient (Wildman–Crippen LogP) is 1.77. The molecule has 0 fully saturated rings. The van der Waals surface area contributed by atoms with Gasteiger partial charge in [0.25, 0.3) is 0 Å². The van der Waals surface area contributed by atoms with Gasteiger partial charge in [-0.1, -0.05) is 6.92 Å². The Morgan fingerprint density at radius 2 is 2.20 bits per heavy atom. The van der Waals surface area contributed by atoms with Crippen molar-refractivity contribution < 1.29 is 9.53 Å². The van der Waals surface area contributed by atoms with Crippen LogP contribution in [0.4, 0.5) is 0 Å². The second-order valence-corrected chi connectivity index (χ2v) is 5.10. The van der Waals surface area contributed by atoms with Crippen molar-refractivity contribution in [2.75, 3.05) is 13.2 Å². The number of carbonyl (C=O) groups excluding carboxylic acids is 1. The summed E-state index contributed by atoms with van der Waals surface area (Å²) >= 11 is 0. The number of aryl methyl sites for hydroxylation is 1. The fourth-order valence-electron chi connectivity index (χ4n) is 2.05. The van der Waals surface area contributed by atoms with Crippen LogP contribution in [0, 0.1) is 0 Å². The van der Waals surface area contributed by atoms with Gasteiger partial charge in [-0.05, 0) is 46.1 Å². The van der Waals surface area contributed by atoms with E-state index in [2.05, 4.69) is 22.3 Å². The highest BCUT2D eigenvalue weighted by Gasteiger charge is 2.33. The molecule has 0 aliphatic heterocycles. The van der Waals surface area contributed by atoms with E-state index in [0.717, 1.165) is 38.8 Å². The number of esters is 1. The predicted molar refractivity (Wildman–Crippen MR) is 77.2 cm³/mol. The van der Waals surface area contributed by atoms with Crippen LogP contribution in [0.3, 0.4) is 0 Å². The van der Waals surface area contributed by atoms with Crippen LogP contribution in [0.5, 0.6) is 0 Å². The van der Waals surface area contributed by atoms with Crippen LogP contribution in [0.25, 0.3) is 0 Å². The molecule has 1 N–H and O–H groups in total. The zero-order valence-electron chi connectivity index (χ0n) is 12.8. The van der Waals surface area contributed by atoms with E-state index in [0.29, 0.717) is 6.61 Å². The molecule has 1 atom stereocenters. The van der Waals surface area contributed by atoms with Crippen LogP contribution in [0.15, 0.2) is 12.7 Å². The number of unbranched alkanes of at least 4 members (excludes halogenated alkanes) is 1. The van der Waals surface area contributed by atoms with Gasteiger partial charge in [0.15, 0.2) is 0 Å². The van der Waals surface area contributed by atoms with Gasteiger partial charge in [-0.2, -0.15) is 5.10 Å². The SMILES string of the molecule is CCCNC(C)(CCCCn1cncn1)C(=O)OCC. The van der Waals surface area contributed by atoms with Gasteiger partial charge in [-0.15, -0.1) is 0 Å². The Bertz CT molecular complexity index is 381. The largest absolute Gasteiger partial charge is 0.465 e. The maximum absolute atomic E-state index is 12.1. The molecule has 1 aromatic rings. The molecule has 0 saturated heterocycles. The van der Waals surface area contributed by atoms with Crippen molar-refractivity contribution in [3.8, 4) is 0 Å². The van der Waals surface area contributed by atoms with Gasteiger partial charge in [0, 0.05) is 6.54 Å². The molecule has 6 heteroatoms. The molecule has 1 aromatic heterocycles. The Hall–Kier alpha value is -1.43. The third-order valence-corrected chi connectivity index (χ3v) is 3.27. The molecule has 0 bridgehead atoms. The number of ether oxygens (including phenoxy) is 1. The summed E-state index contributed by atoms with van der Waals surface area (Å²) in [5.41, 5.74) is -0.589. The second kappa shape index (κ2) is 8.68. The molecular formula is C14H26N4O2. The number of hydrogen-bond donors (Lipinski definition) is 1. The average Bonchev–Trinajstić information content (AvgIpc) is 2.95. The lowest BCUT2D eigenvalue weighted by molar-refractivity contribution is -0.150. The van der Waals surface area contributed by atoms with Gasteiger partial charge in [0.1, 0.15) is 18.2 Å². The standard InChI is InChI=1S/C14H26N4O2/c1-4-9-16-14(3,13(19)20-5-2)8-6-7-10-18-12-15-11-17-18/h11-12,16H,4-10H2,1-3H3. The van der Waals surface area contributed by atoms with Gasteiger partial charge < -0.3 is 10.1 Å². The van der Waals surface area contributed by atoms with Crippen molar-refractivity contribution in [3.63, 3.8) is 0 Å². The third kappa shape index (κ3) is 5.28. The van der Waals surface area contributed by atoms with Crippen LogP contribution in [0.2, 0.25) is 0 Å². The first-order chi connectivity index (χ1) is 9.62. The van der Waals surface area contributed by atoms with Crippen LogP contribution in [-0.2, 0) is 16.1 Å². The maximum atomic E-state index is 12.1. The first-order valence-electron chi connectivity index (χ1n) is 7.37. The molecule has 0 saturated carbocycles. The molecule has 0 spiro atoms. The van der Waals surface area contributed by atoms with E-state index in [4.69, 9.17) is 4.74 Å². The van der Waals surface area contributed by atoms with E-state index >= 15 is 0 Å². The van der Waals surface area contributed by atoms with Gasteiger partial charge in [-0.25, -0.2) is 4.98 Å². The molecule has 0 radical (unpaired) electrons. The van der Waals surface area contributed by atoms with Crippen LogP contribution < -0.4 is 5.32 Å². The van der Waals surface area contributed by atoms with Crippen molar-refractivity contribution >= 4 is 5.97 Å². The lowest BCUT2D eigenvalue weighted by Crippen LogP contribution is -2.50. The summed E-state index contributed by atoms with van der Waals surface area (Å²) in [4.78, 5) is 16.0. The van der Waals surface area contributed by atoms with E-state index in [1.807, 2.05) is 13.8 Å².